The normalized spacial score (nSPS) is 15.8. The van der Waals surface area contributed by atoms with Crippen LogP contribution in [0.2, 0.25) is 10.0 Å². The molecule has 1 heterocycles. The van der Waals surface area contributed by atoms with Gasteiger partial charge in [-0.25, -0.2) is 13.2 Å². The molecular formula is C20H20Cl2N2O6S. The number of nitrogens with zero attached hydrogens (tertiary/aromatic N) is 1. The van der Waals surface area contributed by atoms with E-state index in [0.29, 0.717) is 23.9 Å². The first kappa shape index (κ1) is 23.5. The molecule has 0 spiro atoms. The third-order valence-electron chi connectivity index (χ3n) is 4.51. The number of halogens is 2. The van der Waals surface area contributed by atoms with Crippen molar-refractivity contribution < 1.29 is 27.5 Å². The zero-order chi connectivity index (χ0) is 22.6. The third-order valence-corrected chi connectivity index (χ3v) is 6.97. The molecule has 1 aliphatic rings. The number of benzene rings is 2. The van der Waals surface area contributed by atoms with Crippen molar-refractivity contribution in [2.24, 2.45) is 0 Å². The van der Waals surface area contributed by atoms with Gasteiger partial charge in [-0.3, -0.25) is 4.79 Å². The minimum Gasteiger partial charge on any atom is -0.449 e. The number of sulfonamides is 1. The summed E-state index contributed by atoms with van der Waals surface area (Å²) < 4.78 is 37.3. The Morgan fingerprint density at radius 2 is 1.84 bits per heavy atom. The maximum Gasteiger partial charge on any atom is 0.340 e. The molecule has 2 aromatic carbocycles. The minimum atomic E-state index is -3.83. The van der Waals surface area contributed by atoms with Crippen LogP contribution in [0.4, 0.5) is 5.69 Å². The van der Waals surface area contributed by atoms with Crippen molar-refractivity contribution in [1.29, 1.82) is 0 Å². The number of carbonyl (C=O) groups excluding carboxylic acids is 2. The quantitative estimate of drug-likeness (QED) is 0.628. The van der Waals surface area contributed by atoms with Gasteiger partial charge in [0.15, 0.2) is 6.10 Å². The number of esters is 1. The summed E-state index contributed by atoms with van der Waals surface area (Å²) in [6.07, 6.45) is -1.16. The van der Waals surface area contributed by atoms with Crippen LogP contribution in [0.5, 0.6) is 0 Å². The first-order valence-electron chi connectivity index (χ1n) is 9.33. The zero-order valence-corrected chi connectivity index (χ0v) is 18.8. The van der Waals surface area contributed by atoms with Gasteiger partial charge in [-0.15, -0.1) is 0 Å². The smallest absolute Gasteiger partial charge is 0.340 e. The van der Waals surface area contributed by atoms with Gasteiger partial charge in [0.2, 0.25) is 10.0 Å². The van der Waals surface area contributed by atoms with Crippen LogP contribution in [0.25, 0.3) is 0 Å². The highest BCUT2D eigenvalue weighted by atomic mass is 35.5. The highest BCUT2D eigenvalue weighted by Crippen LogP contribution is 2.25. The summed E-state index contributed by atoms with van der Waals surface area (Å²) in [5, 5.41) is 3.03. The summed E-state index contributed by atoms with van der Waals surface area (Å²) >= 11 is 12.0. The van der Waals surface area contributed by atoms with Gasteiger partial charge in [-0.05, 0) is 43.3 Å². The van der Waals surface area contributed by atoms with Crippen LogP contribution in [-0.4, -0.2) is 57.0 Å². The fourth-order valence-electron chi connectivity index (χ4n) is 2.84. The Morgan fingerprint density at radius 1 is 1.13 bits per heavy atom. The molecule has 2 aromatic rings. The molecular weight excluding hydrogens is 467 g/mol. The maximum absolute atomic E-state index is 12.8. The van der Waals surface area contributed by atoms with Crippen LogP contribution in [0.3, 0.4) is 0 Å². The Hall–Kier alpha value is -2.17. The Labute approximate surface area is 190 Å². The second-order valence-corrected chi connectivity index (χ2v) is 9.49. The van der Waals surface area contributed by atoms with Gasteiger partial charge in [0.1, 0.15) is 0 Å². The largest absolute Gasteiger partial charge is 0.449 e. The zero-order valence-electron chi connectivity index (χ0n) is 16.5. The van der Waals surface area contributed by atoms with Crippen molar-refractivity contribution in [3.05, 3.63) is 58.1 Å². The Kier molecular flexibility index (Phi) is 7.55. The number of hydrogen-bond donors (Lipinski definition) is 1. The van der Waals surface area contributed by atoms with Crippen molar-refractivity contribution in [3.63, 3.8) is 0 Å². The molecule has 1 atom stereocenters. The number of ether oxygens (including phenoxy) is 2. The Bertz CT molecular complexity index is 1090. The Morgan fingerprint density at radius 3 is 2.52 bits per heavy atom. The van der Waals surface area contributed by atoms with E-state index in [0.717, 1.165) is 6.07 Å². The van der Waals surface area contributed by atoms with Crippen molar-refractivity contribution in [2.75, 3.05) is 31.6 Å². The second kappa shape index (κ2) is 9.97. The van der Waals surface area contributed by atoms with Crippen molar-refractivity contribution in [2.45, 2.75) is 17.9 Å². The predicted octanol–water partition coefficient (Wildman–Crippen LogP) is 3.20. The molecule has 1 amide bonds. The summed E-state index contributed by atoms with van der Waals surface area (Å²) in [4.78, 5) is 24.8. The first-order valence-corrected chi connectivity index (χ1v) is 11.5. The first-order chi connectivity index (χ1) is 14.7. The van der Waals surface area contributed by atoms with Crippen LogP contribution in [0.1, 0.15) is 17.3 Å². The molecule has 0 bridgehead atoms. The van der Waals surface area contributed by atoms with Gasteiger partial charge in [-0.2, -0.15) is 4.31 Å². The molecule has 166 valence electrons. The van der Waals surface area contributed by atoms with Crippen molar-refractivity contribution >= 4 is 50.8 Å². The lowest BCUT2D eigenvalue weighted by molar-refractivity contribution is -0.123. The number of carbonyl (C=O) groups is 2. The van der Waals surface area contributed by atoms with E-state index in [2.05, 4.69) is 5.32 Å². The van der Waals surface area contributed by atoms with Crippen molar-refractivity contribution in [3.8, 4) is 0 Å². The summed E-state index contributed by atoms with van der Waals surface area (Å²) in [7, 11) is -3.83. The van der Waals surface area contributed by atoms with E-state index in [1.165, 1.54) is 23.4 Å². The second-order valence-electron chi connectivity index (χ2n) is 6.71. The standard InChI is InChI=1S/C20H20Cl2N2O6S/c1-13(19(25)23-15-4-2-3-14(21)11-15)30-20(26)17-12-16(5-6-18(17)22)31(27,28)24-7-9-29-10-8-24/h2-6,11-13H,7-10H2,1H3,(H,23,25)/t13-/m1/s1. The van der Waals surface area contributed by atoms with Gasteiger partial charge in [0.05, 0.1) is 28.7 Å². The van der Waals surface area contributed by atoms with Gasteiger partial charge in [0.25, 0.3) is 5.91 Å². The fourth-order valence-corrected chi connectivity index (χ4v) is 4.66. The van der Waals surface area contributed by atoms with Gasteiger partial charge in [-0.1, -0.05) is 29.3 Å². The van der Waals surface area contributed by atoms with Crippen LogP contribution < -0.4 is 5.32 Å². The van der Waals surface area contributed by atoms with Crippen LogP contribution in [0.15, 0.2) is 47.4 Å². The summed E-state index contributed by atoms with van der Waals surface area (Å²) in [5.41, 5.74) is 0.287. The highest BCUT2D eigenvalue weighted by molar-refractivity contribution is 7.89. The lowest BCUT2D eigenvalue weighted by Crippen LogP contribution is -2.40. The molecule has 1 aliphatic heterocycles. The number of hydrogen-bond acceptors (Lipinski definition) is 6. The molecule has 1 fully saturated rings. The van der Waals surface area contributed by atoms with Crippen LogP contribution >= 0.6 is 23.2 Å². The number of amides is 1. The van der Waals surface area contributed by atoms with E-state index < -0.39 is 28.0 Å². The van der Waals surface area contributed by atoms with E-state index in [9.17, 15) is 18.0 Å². The highest BCUT2D eigenvalue weighted by Gasteiger charge is 2.28. The lowest BCUT2D eigenvalue weighted by Gasteiger charge is -2.26. The summed E-state index contributed by atoms with van der Waals surface area (Å²) in [6, 6.07) is 10.3. The van der Waals surface area contributed by atoms with Gasteiger partial charge >= 0.3 is 5.97 Å². The topological polar surface area (TPSA) is 102 Å². The molecule has 1 saturated heterocycles. The molecule has 3 rings (SSSR count). The third kappa shape index (κ3) is 5.75. The number of rotatable bonds is 6. The van der Waals surface area contributed by atoms with E-state index in [1.807, 2.05) is 0 Å². The average molecular weight is 487 g/mol. The number of nitrogens with one attached hydrogen (secondary N) is 1. The summed E-state index contributed by atoms with van der Waals surface area (Å²) in [5.74, 6) is -1.50. The molecule has 0 saturated carbocycles. The molecule has 8 nitrogen and oxygen atoms in total. The summed E-state index contributed by atoms with van der Waals surface area (Å²) in [6.45, 7) is 2.40. The Balaban J connectivity index is 1.73. The average Bonchev–Trinajstić information content (AvgIpc) is 2.74. The van der Waals surface area contributed by atoms with Crippen molar-refractivity contribution in [1.82, 2.24) is 4.31 Å². The molecule has 31 heavy (non-hydrogen) atoms. The lowest BCUT2D eigenvalue weighted by atomic mass is 10.2. The predicted molar refractivity (Wildman–Crippen MR) is 116 cm³/mol. The monoisotopic (exact) mass is 486 g/mol. The fraction of sp³-hybridized carbons (Fsp3) is 0.300. The molecule has 1 N–H and O–H groups in total. The molecule has 11 heteroatoms. The minimum absolute atomic E-state index is 0.00776. The van der Waals surface area contributed by atoms with E-state index in [1.54, 1.807) is 24.3 Å². The molecule has 0 unspecified atom stereocenters. The number of morpholine rings is 1. The van der Waals surface area contributed by atoms with Gasteiger partial charge < -0.3 is 14.8 Å². The molecule has 0 radical (unpaired) electrons. The van der Waals surface area contributed by atoms with Crippen LogP contribution in [0, 0.1) is 0 Å². The molecule has 0 aliphatic carbocycles. The van der Waals surface area contributed by atoms with E-state index >= 15 is 0 Å². The number of anilines is 1. The van der Waals surface area contributed by atoms with E-state index in [4.69, 9.17) is 32.7 Å². The van der Waals surface area contributed by atoms with E-state index in [-0.39, 0.29) is 28.6 Å². The van der Waals surface area contributed by atoms with Crippen LogP contribution in [-0.2, 0) is 24.3 Å². The SMILES string of the molecule is C[C@@H](OC(=O)c1cc(S(=O)(=O)N2CCOCC2)ccc1Cl)C(=O)Nc1cccc(Cl)c1. The molecule has 0 aromatic heterocycles. The van der Waals surface area contributed by atoms with Gasteiger partial charge in [0, 0.05) is 23.8 Å². The maximum atomic E-state index is 12.8.